The standard InChI is InChI=1S/C34H40ClN9O4S/c1-22-29(35)20-36-33(37-22)38-26-10-15-43(16-11-26)49(47,48)27-5-3-4-23(18-27)21-42-13-8-24(9-14-42)25-6-7-28-30(19-25)41(2)40-32(28)44-17-12-31(45)39-34(44)46/h3-7,18-20,24,26H,8-17,21H2,1-2H3,(H,36,37,38)(H,39,45,46). The minimum atomic E-state index is -3.62. The van der Waals surface area contributed by atoms with E-state index in [0.717, 1.165) is 42.4 Å². The van der Waals surface area contributed by atoms with Crippen LogP contribution in [-0.4, -0.2) is 88.1 Å². The molecule has 49 heavy (non-hydrogen) atoms. The smallest absolute Gasteiger partial charge is 0.329 e. The summed E-state index contributed by atoms with van der Waals surface area (Å²) >= 11 is 6.04. The molecule has 258 valence electrons. The topological polar surface area (TPSA) is 146 Å². The van der Waals surface area contributed by atoms with E-state index < -0.39 is 16.1 Å². The molecular weight excluding hydrogens is 666 g/mol. The Morgan fingerprint density at radius 3 is 2.51 bits per heavy atom. The Morgan fingerprint density at radius 1 is 1.00 bits per heavy atom. The molecule has 2 aromatic carbocycles. The third-order valence-corrected chi connectivity index (χ3v) is 12.1. The maximum absolute atomic E-state index is 13.6. The van der Waals surface area contributed by atoms with Crippen LogP contribution in [0.4, 0.5) is 16.6 Å². The van der Waals surface area contributed by atoms with Crippen LogP contribution in [-0.2, 0) is 28.4 Å². The number of nitrogens with zero attached hydrogens (tertiary/aromatic N) is 7. The summed E-state index contributed by atoms with van der Waals surface area (Å²) in [6.45, 7) is 5.46. The fourth-order valence-corrected chi connectivity index (χ4v) is 8.69. The molecule has 13 nitrogen and oxygen atoms in total. The van der Waals surface area contributed by atoms with Gasteiger partial charge >= 0.3 is 6.03 Å². The van der Waals surface area contributed by atoms with Gasteiger partial charge in [-0.2, -0.15) is 9.40 Å². The molecule has 3 aliphatic rings. The molecular formula is C34H40ClN9O4S. The number of carbonyl (C=O) groups is 2. The molecule has 0 radical (unpaired) electrons. The molecule has 2 N–H and O–H groups in total. The van der Waals surface area contributed by atoms with Crippen LogP contribution in [0.5, 0.6) is 0 Å². The van der Waals surface area contributed by atoms with Gasteiger partial charge in [-0.3, -0.25) is 24.6 Å². The summed E-state index contributed by atoms with van der Waals surface area (Å²) in [5, 5.41) is 11.7. The van der Waals surface area contributed by atoms with Gasteiger partial charge in [-0.25, -0.2) is 23.2 Å². The van der Waals surface area contributed by atoms with Gasteiger partial charge in [-0.1, -0.05) is 29.8 Å². The number of aromatic nitrogens is 4. The number of imide groups is 1. The lowest BCUT2D eigenvalue weighted by Gasteiger charge is -2.33. The van der Waals surface area contributed by atoms with Crippen molar-refractivity contribution < 1.29 is 18.0 Å². The third-order valence-electron chi connectivity index (χ3n) is 9.87. The second-order valence-corrected chi connectivity index (χ2v) is 15.5. The van der Waals surface area contributed by atoms with Crippen LogP contribution >= 0.6 is 11.6 Å². The lowest BCUT2D eigenvalue weighted by Crippen LogP contribution is -2.49. The number of piperidine rings is 2. The lowest BCUT2D eigenvalue weighted by molar-refractivity contribution is -0.120. The first-order valence-electron chi connectivity index (χ1n) is 16.7. The van der Waals surface area contributed by atoms with Gasteiger partial charge < -0.3 is 5.32 Å². The monoisotopic (exact) mass is 705 g/mol. The number of urea groups is 1. The average Bonchev–Trinajstić information content (AvgIpc) is 3.42. The molecule has 2 aromatic heterocycles. The van der Waals surface area contributed by atoms with Crippen LogP contribution in [0, 0.1) is 6.92 Å². The van der Waals surface area contributed by atoms with E-state index in [4.69, 9.17) is 11.6 Å². The largest absolute Gasteiger partial charge is 0.351 e. The lowest BCUT2D eigenvalue weighted by atomic mass is 9.89. The zero-order valence-electron chi connectivity index (χ0n) is 27.6. The fourth-order valence-electron chi connectivity index (χ4n) is 7.06. The Kier molecular flexibility index (Phi) is 9.31. The molecule has 3 fully saturated rings. The van der Waals surface area contributed by atoms with Gasteiger partial charge in [0.15, 0.2) is 5.82 Å². The van der Waals surface area contributed by atoms with Crippen molar-refractivity contribution in [2.75, 3.05) is 42.9 Å². The normalized spacial score (nSPS) is 19.0. The van der Waals surface area contributed by atoms with E-state index in [1.165, 1.54) is 10.5 Å². The number of anilines is 2. The molecule has 0 atom stereocenters. The van der Waals surface area contributed by atoms with Crippen molar-refractivity contribution in [3.63, 3.8) is 0 Å². The van der Waals surface area contributed by atoms with Crippen LogP contribution in [0.15, 0.2) is 53.6 Å². The third kappa shape index (κ3) is 7.00. The van der Waals surface area contributed by atoms with E-state index in [1.54, 1.807) is 21.3 Å². The van der Waals surface area contributed by atoms with E-state index in [2.05, 4.69) is 42.7 Å². The molecule has 15 heteroatoms. The van der Waals surface area contributed by atoms with Crippen molar-refractivity contribution in [2.24, 2.45) is 7.05 Å². The SMILES string of the molecule is Cc1nc(NC2CCN(S(=O)(=O)c3cccc(CN4CCC(c5ccc6c(N7CCC(=O)NC7=O)nn(C)c6c5)CC4)c3)CC2)ncc1Cl. The number of nitrogens with one attached hydrogen (secondary N) is 2. The zero-order valence-corrected chi connectivity index (χ0v) is 29.2. The van der Waals surface area contributed by atoms with Crippen molar-refractivity contribution in [3.8, 4) is 0 Å². The highest BCUT2D eigenvalue weighted by Crippen LogP contribution is 2.34. The van der Waals surface area contributed by atoms with E-state index >= 15 is 0 Å². The predicted molar refractivity (Wildman–Crippen MR) is 187 cm³/mol. The summed E-state index contributed by atoms with van der Waals surface area (Å²) < 4.78 is 30.6. The highest BCUT2D eigenvalue weighted by atomic mass is 35.5. The number of rotatable bonds is 8. The number of sulfonamides is 1. The molecule has 3 amide bonds. The van der Waals surface area contributed by atoms with Crippen molar-refractivity contribution in [3.05, 3.63) is 70.5 Å². The number of hydrogen-bond acceptors (Lipinski definition) is 9. The first-order chi connectivity index (χ1) is 23.5. The highest BCUT2D eigenvalue weighted by molar-refractivity contribution is 7.89. The van der Waals surface area contributed by atoms with Gasteiger partial charge in [-0.15, -0.1) is 0 Å². The van der Waals surface area contributed by atoms with Crippen LogP contribution in [0.25, 0.3) is 10.9 Å². The van der Waals surface area contributed by atoms with E-state index in [1.807, 2.05) is 38.2 Å². The second-order valence-electron chi connectivity index (χ2n) is 13.1. The van der Waals surface area contributed by atoms with E-state index in [0.29, 0.717) is 72.3 Å². The fraction of sp³-hybridized carbons (Fsp3) is 0.441. The number of likely N-dealkylation sites (tertiary alicyclic amines) is 1. The highest BCUT2D eigenvalue weighted by Gasteiger charge is 2.31. The van der Waals surface area contributed by atoms with Crippen LogP contribution in [0.2, 0.25) is 5.02 Å². The summed E-state index contributed by atoms with van der Waals surface area (Å²) in [7, 11) is -1.75. The maximum Gasteiger partial charge on any atom is 0.329 e. The molecule has 0 aliphatic carbocycles. The minimum Gasteiger partial charge on any atom is -0.351 e. The molecule has 0 saturated carbocycles. The summed E-state index contributed by atoms with van der Waals surface area (Å²) in [5.74, 6) is 1.19. The van der Waals surface area contributed by atoms with Gasteiger partial charge in [-0.05, 0) is 87.0 Å². The van der Waals surface area contributed by atoms with Crippen molar-refractivity contribution in [1.29, 1.82) is 0 Å². The molecule has 0 bridgehead atoms. The first-order valence-corrected chi connectivity index (χ1v) is 18.5. The van der Waals surface area contributed by atoms with Gasteiger partial charge in [0.25, 0.3) is 0 Å². The Hall–Kier alpha value is -4.11. The van der Waals surface area contributed by atoms with Gasteiger partial charge in [0, 0.05) is 51.1 Å². The number of aryl methyl sites for hydroxylation is 2. The molecule has 3 aliphatic heterocycles. The summed E-state index contributed by atoms with van der Waals surface area (Å²) in [5.41, 5.74) is 3.87. The maximum atomic E-state index is 13.6. The molecule has 0 unspecified atom stereocenters. The second kappa shape index (κ2) is 13.7. The summed E-state index contributed by atoms with van der Waals surface area (Å²) in [6, 6.07) is 13.3. The summed E-state index contributed by atoms with van der Waals surface area (Å²) in [4.78, 5) is 37.0. The number of hydrogen-bond donors (Lipinski definition) is 2. The minimum absolute atomic E-state index is 0.0839. The molecule has 5 heterocycles. The molecule has 3 saturated heterocycles. The number of halogens is 1. The molecule has 7 rings (SSSR count). The van der Waals surface area contributed by atoms with Crippen LogP contribution in [0.3, 0.4) is 0 Å². The van der Waals surface area contributed by atoms with Crippen molar-refractivity contribution >= 4 is 56.2 Å². The number of amides is 3. The van der Waals surface area contributed by atoms with Crippen LogP contribution < -0.4 is 15.5 Å². The zero-order chi connectivity index (χ0) is 34.3. The predicted octanol–water partition coefficient (Wildman–Crippen LogP) is 4.42. The molecule has 0 spiro atoms. The Morgan fingerprint density at radius 2 is 1.78 bits per heavy atom. The van der Waals surface area contributed by atoms with Crippen molar-refractivity contribution in [1.82, 2.24) is 34.3 Å². The molecule has 4 aromatic rings. The number of fused-ring (bicyclic) bond motifs is 1. The Labute approximate surface area is 290 Å². The van der Waals surface area contributed by atoms with Gasteiger partial charge in [0.1, 0.15) is 0 Å². The quantitative estimate of drug-likeness (QED) is 0.272. The number of benzene rings is 2. The first kappa shape index (κ1) is 33.4. The Balaban J connectivity index is 0.944. The summed E-state index contributed by atoms with van der Waals surface area (Å²) in [6.07, 6.45) is 5.10. The average molecular weight is 706 g/mol. The van der Waals surface area contributed by atoms with Crippen molar-refractivity contribution in [2.45, 2.75) is 62.4 Å². The Bertz CT molecular complexity index is 2000. The van der Waals surface area contributed by atoms with Gasteiger partial charge in [0.2, 0.25) is 21.9 Å². The van der Waals surface area contributed by atoms with Crippen LogP contribution in [0.1, 0.15) is 54.8 Å². The van der Waals surface area contributed by atoms with Gasteiger partial charge in [0.05, 0.1) is 27.3 Å². The number of carbonyl (C=O) groups excluding carboxylic acids is 2. The van der Waals surface area contributed by atoms with E-state index in [-0.39, 0.29) is 18.4 Å². The van der Waals surface area contributed by atoms with E-state index in [9.17, 15) is 18.0 Å².